The Labute approximate surface area is 176 Å². The minimum Gasteiger partial charge on any atom is -0.198 e. The smallest absolute Gasteiger partial charge is 0.198 e. The fourth-order valence-corrected chi connectivity index (χ4v) is 6.97. The Morgan fingerprint density at radius 3 is 2.07 bits per heavy atom. The van der Waals surface area contributed by atoms with Gasteiger partial charge in [0, 0.05) is 13.0 Å². The summed E-state index contributed by atoms with van der Waals surface area (Å²) in [6.07, 6.45) is 5.58. The van der Waals surface area contributed by atoms with Crippen molar-refractivity contribution in [2.24, 2.45) is 7.05 Å². The Balaban J connectivity index is 1.77. The largest absolute Gasteiger partial charge is 0.220 e. The van der Waals surface area contributed by atoms with E-state index in [2.05, 4.69) is 81.5 Å². The van der Waals surface area contributed by atoms with Gasteiger partial charge in [-0.1, -0.05) is 43.0 Å². The Bertz CT molecular complexity index is 1130. The predicted octanol–water partition coefficient (Wildman–Crippen LogP) is 6.25. The van der Waals surface area contributed by atoms with Crippen LogP contribution in [-0.4, -0.2) is 8.07 Å². The van der Waals surface area contributed by atoms with Crippen molar-refractivity contribution in [2.75, 3.05) is 0 Å². The molecule has 1 heterocycles. The zero-order valence-corrected chi connectivity index (χ0v) is 19.9. The van der Waals surface area contributed by atoms with E-state index < -0.39 is 8.07 Å². The monoisotopic (exact) mass is 400 g/mol. The third kappa shape index (κ3) is 2.99. The average Bonchev–Trinajstić information content (AvgIpc) is 2.69. The molecule has 0 aliphatic heterocycles. The summed E-state index contributed by atoms with van der Waals surface area (Å²) in [5.41, 5.74) is 8.92. The van der Waals surface area contributed by atoms with E-state index in [-0.39, 0.29) is 0 Å². The number of pyridine rings is 1. The number of hydrogen-bond acceptors (Lipinski definition) is 0. The van der Waals surface area contributed by atoms with Crippen molar-refractivity contribution in [3.05, 3.63) is 58.8 Å². The van der Waals surface area contributed by atoms with E-state index in [1.54, 1.807) is 16.3 Å². The summed E-state index contributed by atoms with van der Waals surface area (Å²) < 4.78 is 2.41. The molecule has 3 aliphatic carbocycles. The van der Waals surface area contributed by atoms with Gasteiger partial charge in [0.2, 0.25) is 5.69 Å². The van der Waals surface area contributed by atoms with Gasteiger partial charge in [0.15, 0.2) is 5.69 Å². The number of fused-ring (bicyclic) bond motifs is 3. The number of aryl methyl sites for hydroxylation is 2. The van der Waals surface area contributed by atoms with Gasteiger partial charge in [-0.3, -0.25) is 0 Å². The SMILES string of the molecule is Cc1cc2c(cc1-c1c3ccc([Si](C)(C)C)cc3cc(C)[n+]1C)C1CCC2CC1. The Kier molecular flexibility index (Phi) is 4.29. The molecule has 0 atom stereocenters. The van der Waals surface area contributed by atoms with Crippen LogP contribution in [-0.2, 0) is 7.05 Å². The van der Waals surface area contributed by atoms with E-state index in [0.29, 0.717) is 0 Å². The maximum atomic E-state index is 2.57. The van der Waals surface area contributed by atoms with Gasteiger partial charge in [0.25, 0.3) is 0 Å². The lowest BCUT2D eigenvalue weighted by Crippen LogP contribution is -2.38. The summed E-state index contributed by atoms with van der Waals surface area (Å²) in [6.45, 7) is 11.9. The Morgan fingerprint density at radius 1 is 0.828 bits per heavy atom. The quantitative estimate of drug-likeness (QED) is 0.354. The number of rotatable bonds is 2. The molecular formula is C27H34NSi+. The molecule has 0 saturated heterocycles. The Morgan fingerprint density at radius 2 is 1.45 bits per heavy atom. The molecule has 0 amide bonds. The van der Waals surface area contributed by atoms with E-state index in [9.17, 15) is 0 Å². The van der Waals surface area contributed by atoms with E-state index in [0.717, 1.165) is 11.8 Å². The van der Waals surface area contributed by atoms with Crippen molar-refractivity contribution in [1.82, 2.24) is 0 Å². The molecule has 3 aliphatic rings. The highest BCUT2D eigenvalue weighted by molar-refractivity contribution is 6.88. The first-order valence-corrected chi connectivity index (χ1v) is 14.8. The van der Waals surface area contributed by atoms with E-state index >= 15 is 0 Å². The second-order valence-electron chi connectivity index (χ2n) is 10.6. The minimum atomic E-state index is -1.32. The molecule has 0 radical (unpaired) electrons. The third-order valence-electron chi connectivity index (χ3n) is 7.69. The summed E-state index contributed by atoms with van der Waals surface area (Å²) in [7, 11) is 0.913. The first kappa shape index (κ1) is 19.1. The molecule has 1 saturated carbocycles. The zero-order valence-electron chi connectivity index (χ0n) is 18.9. The molecular weight excluding hydrogens is 366 g/mol. The van der Waals surface area contributed by atoms with E-state index in [1.165, 1.54) is 59.0 Å². The maximum Gasteiger partial charge on any atom is 0.220 e. The first-order valence-electron chi connectivity index (χ1n) is 11.3. The van der Waals surface area contributed by atoms with E-state index in [4.69, 9.17) is 0 Å². The molecule has 2 bridgehead atoms. The molecule has 2 heteroatoms. The number of aromatic nitrogens is 1. The minimum absolute atomic E-state index is 0.786. The molecule has 0 N–H and O–H groups in total. The molecule has 1 aromatic heterocycles. The number of nitrogens with zero attached hydrogens (tertiary/aromatic N) is 1. The molecule has 1 fully saturated rings. The van der Waals surface area contributed by atoms with Crippen LogP contribution >= 0.6 is 0 Å². The predicted molar refractivity (Wildman–Crippen MR) is 127 cm³/mol. The molecule has 29 heavy (non-hydrogen) atoms. The van der Waals surface area contributed by atoms with Gasteiger partial charge in [-0.15, -0.1) is 0 Å². The molecule has 6 rings (SSSR count). The van der Waals surface area contributed by atoms with Gasteiger partial charge in [-0.05, 0) is 78.7 Å². The third-order valence-corrected chi connectivity index (χ3v) is 9.74. The van der Waals surface area contributed by atoms with Crippen LogP contribution in [0.15, 0.2) is 36.4 Å². The van der Waals surface area contributed by atoms with Gasteiger partial charge in [0.05, 0.1) is 19.0 Å². The lowest BCUT2D eigenvalue weighted by atomic mass is 9.66. The van der Waals surface area contributed by atoms with Gasteiger partial charge in [0.1, 0.15) is 7.05 Å². The summed E-state index contributed by atoms with van der Waals surface area (Å²) in [5.74, 6) is 1.60. The maximum absolute atomic E-state index is 2.57. The average molecular weight is 401 g/mol. The number of benzene rings is 2. The van der Waals surface area contributed by atoms with Crippen LogP contribution in [0.4, 0.5) is 0 Å². The fraction of sp³-hybridized carbons (Fsp3) is 0.444. The van der Waals surface area contributed by atoms with Crippen LogP contribution in [0.25, 0.3) is 22.0 Å². The standard InChI is InChI=1S/C27H34NSi/c1-17-13-25-19-7-9-20(10-8-19)26(25)16-24(17)27-23-12-11-22(29(4,5)6)15-21(23)14-18(2)28(27)3/h11-16,19-20H,7-10H2,1-6H3/q+1. The summed E-state index contributed by atoms with van der Waals surface area (Å²) >= 11 is 0. The first-order chi connectivity index (χ1) is 13.7. The second-order valence-corrected chi connectivity index (χ2v) is 15.7. The highest BCUT2D eigenvalue weighted by Crippen LogP contribution is 2.50. The summed E-state index contributed by atoms with van der Waals surface area (Å²) in [6, 6.07) is 14.7. The molecule has 2 aromatic carbocycles. The van der Waals surface area contributed by atoms with Crippen molar-refractivity contribution in [3.63, 3.8) is 0 Å². The van der Waals surface area contributed by atoms with Crippen LogP contribution in [0, 0.1) is 13.8 Å². The molecule has 0 unspecified atom stereocenters. The normalized spacial score (nSPS) is 20.9. The van der Waals surface area contributed by atoms with Gasteiger partial charge in [-0.2, -0.15) is 4.57 Å². The van der Waals surface area contributed by atoms with Crippen LogP contribution in [0.5, 0.6) is 0 Å². The lowest BCUT2D eigenvalue weighted by molar-refractivity contribution is -0.665. The van der Waals surface area contributed by atoms with Gasteiger partial charge >= 0.3 is 0 Å². The highest BCUT2D eigenvalue weighted by atomic mass is 28.3. The van der Waals surface area contributed by atoms with Gasteiger partial charge in [-0.25, -0.2) is 0 Å². The van der Waals surface area contributed by atoms with Crippen molar-refractivity contribution in [3.8, 4) is 11.3 Å². The fourth-order valence-electron chi connectivity index (χ4n) is 5.79. The van der Waals surface area contributed by atoms with Crippen molar-refractivity contribution >= 4 is 24.0 Å². The van der Waals surface area contributed by atoms with Crippen molar-refractivity contribution in [1.29, 1.82) is 0 Å². The Hall–Kier alpha value is -1.93. The zero-order chi connectivity index (χ0) is 20.5. The molecule has 3 aromatic rings. The van der Waals surface area contributed by atoms with Crippen molar-refractivity contribution in [2.45, 2.75) is 71.0 Å². The highest BCUT2D eigenvalue weighted by Gasteiger charge is 2.34. The van der Waals surface area contributed by atoms with Crippen LogP contribution in [0.3, 0.4) is 0 Å². The lowest BCUT2D eigenvalue weighted by Gasteiger charge is -2.38. The van der Waals surface area contributed by atoms with E-state index in [1.807, 2.05) is 0 Å². The van der Waals surface area contributed by atoms with Crippen LogP contribution in [0.1, 0.15) is 59.9 Å². The second kappa shape index (κ2) is 6.53. The molecule has 1 nitrogen and oxygen atoms in total. The van der Waals surface area contributed by atoms with Crippen LogP contribution in [0.2, 0.25) is 19.6 Å². The molecule has 0 spiro atoms. The summed E-state index contributed by atoms with van der Waals surface area (Å²) in [4.78, 5) is 0. The molecule has 150 valence electrons. The summed E-state index contributed by atoms with van der Waals surface area (Å²) in [5, 5.41) is 4.34. The van der Waals surface area contributed by atoms with Crippen molar-refractivity contribution < 1.29 is 4.57 Å². The number of hydrogen-bond donors (Lipinski definition) is 0. The van der Waals surface area contributed by atoms with Gasteiger partial charge < -0.3 is 0 Å². The van der Waals surface area contributed by atoms with Crippen LogP contribution < -0.4 is 9.75 Å². The topological polar surface area (TPSA) is 3.88 Å².